The number of ether oxygens (including phenoxy) is 3. The first-order chi connectivity index (χ1) is 13.5. The Bertz CT molecular complexity index is 886. The number of amides is 2. The van der Waals surface area contributed by atoms with Gasteiger partial charge < -0.3 is 19.5 Å². The minimum Gasteiger partial charge on any atom is -0.493 e. The number of benzene rings is 2. The molecule has 0 saturated heterocycles. The predicted molar refractivity (Wildman–Crippen MR) is 113 cm³/mol. The lowest BCUT2D eigenvalue weighted by Crippen LogP contribution is -2.35. The van der Waals surface area contributed by atoms with E-state index in [-0.39, 0.29) is 12.5 Å². The van der Waals surface area contributed by atoms with Crippen LogP contribution in [0.1, 0.15) is 15.9 Å². The van der Waals surface area contributed by atoms with Crippen molar-refractivity contribution in [2.24, 2.45) is 5.10 Å². The Morgan fingerprint density at radius 1 is 1.04 bits per heavy atom. The fourth-order valence-electron chi connectivity index (χ4n) is 2.34. The first-order valence-corrected chi connectivity index (χ1v) is 9.23. The van der Waals surface area contributed by atoms with Crippen molar-refractivity contribution < 1.29 is 23.8 Å². The van der Waals surface area contributed by atoms with Gasteiger partial charge in [-0.2, -0.15) is 5.10 Å². The molecule has 9 heteroatoms. The number of rotatable bonds is 8. The lowest BCUT2D eigenvalue weighted by molar-refractivity contribution is -0.120. The average molecular weight is 497 g/mol. The van der Waals surface area contributed by atoms with Crippen molar-refractivity contribution in [3.05, 3.63) is 51.1 Å². The Balaban J connectivity index is 1.96. The lowest BCUT2D eigenvalue weighted by atomic mass is 10.2. The van der Waals surface area contributed by atoms with Gasteiger partial charge in [0, 0.05) is 9.13 Å². The third-order valence-corrected chi connectivity index (χ3v) is 4.60. The molecule has 0 radical (unpaired) electrons. The van der Waals surface area contributed by atoms with E-state index in [0.717, 1.165) is 3.57 Å². The van der Waals surface area contributed by atoms with Crippen molar-refractivity contribution in [3.8, 4) is 17.2 Å². The van der Waals surface area contributed by atoms with Gasteiger partial charge in [0.2, 0.25) is 5.75 Å². The Labute approximate surface area is 176 Å². The molecule has 0 aliphatic heterocycles. The van der Waals surface area contributed by atoms with Gasteiger partial charge in [0.1, 0.15) is 0 Å². The molecule has 0 saturated carbocycles. The Hall–Kier alpha value is -2.82. The van der Waals surface area contributed by atoms with E-state index < -0.39 is 5.91 Å². The summed E-state index contributed by atoms with van der Waals surface area (Å²) in [5, 5.41) is 6.45. The van der Waals surface area contributed by atoms with Crippen LogP contribution in [0.5, 0.6) is 17.2 Å². The maximum Gasteiger partial charge on any atom is 0.259 e. The number of carbonyl (C=O) groups is 2. The van der Waals surface area contributed by atoms with E-state index in [1.54, 1.807) is 24.3 Å². The number of methoxy groups -OCH3 is 3. The summed E-state index contributed by atoms with van der Waals surface area (Å²) < 4.78 is 16.7. The molecule has 0 aliphatic rings. The fourth-order valence-corrected chi connectivity index (χ4v) is 2.97. The highest BCUT2D eigenvalue weighted by atomic mass is 127. The minimum absolute atomic E-state index is 0.204. The number of hydrogen-bond acceptors (Lipinski definition) is 6. The van der Waals surface area contributed by atoms with Crippen LogP contribution in [-0.2, 0) is 4.79 Å². The van der Waals surface area contributed by atoms with Crippen molar-refractivity contribution in [1.82, 2.24) is 10.7 Å². The number of nitrogens with one attached hydrogen (secondary N) is 2. The SMILES string of the molecule is COc1ccc(/C=N\NC(=O)CNC(=O)c2ccccc2I)c(OC)c1OC. The minimum atomic E-state index is -0.463. The second-order valence-corrected chi connectivity index (χ2v) is 6.54. The summed E-state index contributed by atoms with van der Waals surface area (Å²) in [7, 11) is 4.52. The van der Waals surface area contributed by atoms with Gasteiger partial charge in [0.15, 0.2) is 11.5 Å². The van der Waals surface area contributed by atoms with Crippen LogP contribution in [0.25, 0.3) is 0 Å². The molecule has 2 aromatic rings. The molecule has 0 unspecified atom stereocenters. The smallest absolute Gasteiger partial charge is 0.259 e. The van der Waals surface area contributed by atoms with Crippen LogP contribution in [-0.4, -0.2) is 45.9 Å². The van der Waals surface area contributed by atoms with E-state index >= 15 is 0 Å². The van der Waals surface area contributed by atoms with E-state index in [9.17, 15) is 9.59 Å². The molecule has 0 heterocycles. The van der Waals surface area contributed by atoms with Crippen LogP contribution >= 0.6 is 22.6 Å². The first-order valence-electron chi connectivity index (χ1n) is 8.15. The number of hydrogen-bond donors (Lipinski definition) is 2. The van der Waals surface area contributed by atoms with Gasteiger partial charge in [0.05, 0.1) is 39.7 Å². The summed E-state index contributed by atoms with van der Waals surface area (Å²) in [5.41, 5.74) is 3.45. The van der Waals surface area contributed by atoms with Gasteiger partial charge in [-0.1, -0.05) is 12.1 Å². The molecular weight excluding hydrogens is 477 g/mol. The summed E-state index contributed by atoms with van der Waals surface area (Å²) in [6.07, 6.45) is 1.42. The number of halogens is 1. The molecule has 0 spiro atoms. The topological polar surface area (TPSA) is 98.2 Å². The van der Waals surface area contributed by atoms with Crippen LogP contribution < -0.4 is 25.0 Å². The van der Waals surface area contributed by atoms with Crippen molar-refractivity contribution in [3.63, 3.8) is 0 Å². The third-order valence-electron chi connectivity index (χ3n) is 3.66. The van der Waals surface area contributed by atoms with Crippen LogP contribution in [0, 0.1) is 3.57 Å². The van der Waals surface area contributed by atoms with Gasteiger partial charge in [-0.15, -0.1) is 0 Å². The van der Waals surface area contributed by atoms with E-state index in [1.165, 1.54) is 27.5 Å². The maximum absolute atomic E-state index is 12.1. The van der Waals surface area contributed by atoms with Crippen LogP contribution in [0.15, 0.2) is 41.5 Å². The monoisotopic (exact) mass is 497 g/mol. The molecule has 0 atom stereocenters. The highest BCUT2D eigenvalue weighted by Crippen LogP contribution is 2.38. The maximum atomic E-state index is 12.1. The normalized spacial score (nSPS) is 10.4. The van der Waals surface area contributed by atoms with Crippen LogP contribution in [0.4, 0.5) is 0 Å². The summed E-state index contributed by atoms with van der Waals surface area (Å²) >= 11 is 2.06. The molecular formula is C19H20IN3O5. The van der Waals surface area contributed by atoms with Gasteiger partial charge in [-0.05, 0) is 46.9 Å². The molecule has 0 aliphatic carbocycles. The van der Waals surface area contributed by atoms with Gasteiger partial charge >= 0.3 is 0 Å². The molecule has 2 amide bonds. The number of hydrazone groups is 1. The standard InChI is InChI=1S/C19H20IN3O5/c1-26-15-9-8-12(17(27-2)18(15)28-3)10-22-23-16(24)11-21-19(25)13-6-4-5-7-14(13)20/h4-10H,11H2,1-3H3,(H,21,25)(H,23,24)/b22-10-. The van der Waals surface area contributed by atoms with Crippen LogP contribution in [0.3, 0.4) is 0 Å². The van der Waals surface area contributed by atoms with Crippen molar-refractivity contribution >= 4 is 40.6 Å². The van der Waals surface area contributed by atoms with Crippen molar-refractivity contribution in [1.29, 1.82) is 0 Å². The van der Waals surface area contributed by atoms with Crippen LogP contribution in [0.2, 0.25) is 0 Å². The molecule has 0 bridgehead atoms. The molecule has 148 valence electrons. The molecule has 8 nitrogen and oxygen atoms in total. The Morgan fingerprint density at radius 3 is 2.39 bits per heavy atom. The quantitative estimate of drug-likeness (QED) is 0.331. The largest absolute Gasteiger partial charge is 0.493 e. The van der Waals surface area contributed by atoms with E-state index in [0.29, 0.717) is 28.4 Å². The van der Waals surface area contributed by atoms with Gasteiger partial charge in [0.25, 0.3) is 11.8 Å². The number of carbonyl (C=O) groups excluding carboxylic acids is 2. The summed E-state index contributed by atoms with van der Waals surface area (Å²) in [4.78, 5) is 24.0. The van der Waals surface area contributed by atoms with Gasteiger partial charge in [-0.25, -0.2) is 5.43 Å². The Kier molecular flexibility index (Phi) is 8.05. The molecule has 2 rings (SSSR count). The van der Waals surface area contributed by atoms with Crippen molar-refractivity contribution in [2.45, 2.75) is 0 Å². The molecule has 28 heavy (non-hydrogen) atoms. The molecule has 0 fully saturated rings. The van der Waals surface area contributed by atoms with Gasteiger partial charge in [-0.3, -0.25) is 9.59 Å². The first kappa shape index (κ1) is 21.5. The Morgan fingerprint density at radius 2 is 1.75 bits per heavy atom. The summed E-state index contributed by atoms with van der Waals surface area (Å²) in [6, 6.07) is 10.5. The highest BCUT2D eigenvalue weighted by molar-refractivity contribution is 14.1. The predicted octanol–water partition coefficient (Wildman–Crippen LogP) is 2.20. The second kappa shape index (κ2) is 10.5. The molecule has 2 N–H and O–H groups in total. The second-order valence-electron chi connectivity index (χ2n) is 5.38. The molecule has 0 aromatic heterocycles. The zero-order chi connectivity index (χ0) is 20.5. The fraction of sp³-hybridized carbons (Fsp3) is 0.211. The highest BCUT2D eigenvalue weighted by Gasteiger charge is 2.15. The van der Waals surface area contributed by atoms with Crippen molar-refractivity contribution in [2.75, 3.05) is 27.9 Å². The number of nitrogens with zero attached hydrogens (tertiary/aromatic N) is 1. The third kappa shape index (κ3) is 5.35. The lowest BCUT2D eigenvalue weighted by Gasteiger charge is -2.13. The molecule has 2 aromatic carbocycles. The van der Waals surface area contributed by atoms with E-state index in [4.69, 9.17) is 14.2 Å². The van der Waals surface area contributed by atoms with E-state index in [2.05, 4.69) is 38.4 Å². The zero-order valence-electron chi connectivity index (χ0n) is 15.6. The summed E-state index contributed by atoms with van der Waals surface area (Å²) in [5.74, 6) is 0.566. The average Bonchev–Trinajstić information content (AvgIpc) is 2.71. The summed E-state index contributed by atoms with van der Waals surface area (Å²) in [6.45, 7) is -0.204. The zero-order valence-corrected chi connectivity index (χ0v) is 17.8. The van der Waals surface area contributed by atoms with E-state index in [1.807, 2.05) is 12.1 Å².